The summed E-state index contributed by atoms with van der Waals surface area (Å²) >= 11 is 0. The van der Waals surface area contributed by atoms with Crippen LogP contribution < -0.4 is 29.6 Å². The fourth-order valence-electron chi connectivity index (χ4n) is 2.93. The molecule has 0 rings (SSSR count). The number of carbonyl (C=O) groups is 2. The van der Waals surface area contributed by atoms with E-state index in [0.29, 0.717) is 12.8 Å². The van der Waals surface area contributed by atoms with Crippen LogP contribution in [0.2, 0.25) is 0 Å². The minimum Gasteiger partial charge on any atom is -0.747 e. The van der Waals surface area contributed by atoms with Gasteiger partial charge < -0.3 is 14.0 Å². The molecule has 0 saturated heterocycles. The zero-order chi connectivity index (χ0) is 22.7. The van der Waals surface area contributed by atoms with E-state index in [2.05, 4.69) is 11.7 Å². The molecule has 9 heteroatoms. The van der Waals surface area contributed by atoms with E-state index in [-0.39, 0.29) is 36.2 Å². The SMILES string of the molecule is CC/C=C/OC(=O)C(CC(=O)OCCCCCCCCCCCCCC)S(=O)(=O)[O-].[Na+]. The van der Waals surface area contributed by atoms with E-state index in [4.69, 9.17) is 4.74 Å². The van der Waals surface area contributed by atoms with Crippen LogP contribution in [0.1, 0.15) is 104 Å². The van der Waals surface area contributed by atoms with Gasteiger partial charge in [0.25, 0.3) is 0 Å². The second kappa shape index (κ2) is 21.4. The van der Waals surface area contributed by atoms with Crippen LogP contribution in [0.3, 0.4) is 0 Å². The van der Waals surface area contributed by atoms with Gasteiger partial charge in [-0.25, -0.2) is 8.42 Å². The Labute approximate surface area is 210 Å². The largest absolute Gasteiger partial charge is 1.00 e. The molecule has 0 aromatic heterocycles. The molecule has 0 aliphatic heterocycles. The summed E-state index contributed by atoms with van der Waals surface area (Å²) in [6, 6.07) is 0. The van der Waals surface area contributed by atoms with Crippen LogP contribution >= 0.6 is 0 Å². The minimum absolute atomic E-state index is 0. The second-order valence-corrected chi connectivity index (χ2v) is 9.07. The minimum atomic E-state index is -5.01. The average molecular weight is 471 g/mol. The number of esters is 2. The Balaban J connectivity index is 0. The van der Waals surface area contributed by atoms with Gasteiger partial charge in [0, 0.05) is 0 Å². The van der Waals surface area contributed by atoms with Crippen LogP contribution in [0.25, 0.3) is 0 Å². The van der Waals surface area contributed by atoms with Crippen molar-refractivity contribution >= 4 is 22.1 Å². The van der Waals surface area contributed by atoms with Crippen molar-refractivity contribution in [3.8, 4) is 0 Å². The van der Waals surface area contributed by atoms with Gasteiger partial charge in [0.1, 0.15) is 10.1 Å². The van der Waals surface area contributed by atoms with E-state index in [9.17, 15) is 22.6 Å². The first kappa shape index (κ1) is 32.8. The predicted octanol–water partition coefficient (Wildman–Crippen LogP) is 2.01. The summed E-state index contributed by atoms with van der Waals surface area (Å²) in [5.74, 6) is -2.16. The van der Waals surface area contributed by atoms with Crippen molar-refractivity contribution < 1.29 is 61.6 Å². The van der Waals surface area contributed by atoms with Crippen LogP contribution in [-0.2, 0) is 29.2 Å². The first-order valence-electron chi connectivity index (χ1n) is 11.3. The number of rotatable bonds is 19. The zero-order valence-corrected chi connectivity index (χ0v) is 22.4. The Hall–Kier alpha value is -0.410. The molecule has 1 atom stereocenters. The number of allylic oxidation sites excluding steroid dienone is 1. The van der Waals surface area contributed by atoms with E-state index < -0.39 is 33.7 Å². The zero-order valence-electron chi connectivity index (χ0n) is 19.6. The van der Waals surface area contributed by atoms with Gasteiger partial charge in [0.15, 0.2) is 5.25 Å². The van der Waals surface area contributed by atoms with Gasteiger partial charge in [-0.05, 0) is 18.9 Å². The number of ether oxygens (including phenoxy) is 2. The molecule has 0 N–H and O–H groups in total. The van der Waals surface area contributed by atoms with Gasteiger partial charge in [-0.3, -0.25) is 9.59 Å². The molecule has 7 nitrogen and oxygen atoms in total. The molecule has 0 aliphatic carbocycles. The molecule has 1 unspecified atom stereocenters. The molecule has 176 valence electrons. The third-order valence-electron chi connectivity index (χ3n) is 4.74. The van der Waals surface area contributed by atoms with Crippen LogP contribution in [0.5, 0.6) is 0 Å². The van der Waals surface area contributed by atoms with Crippen molar-refractivity contribution in [3.05, 3.63) is 12.3 Å². The maximum absolute atomic E-state index is 11.8. The fourth-order valence-corrected chi connectivity index (χ4v) is 3.56. The van der Waals surface area contributed by atoms with Gasteiger partial charge in [0.2, 0.25) is 0 Å². The maximum Gasteiger partial charge on any atom is 1.00 e. The van der Waals surface area contributed by atoms with Crippen LogP contribution in [-0.4, -0.2) is 36.8 Å². The summed E-state index contributed by atoms with van der Waals surface area (Å²) in [5, 5.41) is -2.09. The van der Waals surface area contributed by atoms with Crippen LogP contribution in [0.15, 0.2) is 12.3 Å². The van der Waals surface area contributed by atoms with E-state index >= 15 is 0 Å². The van der Waals surface area contributed by atoms with Crippen molar-refractivity contribution in [1.29, 1.82) is 0 Å². The summed E-state index contributed by atoms with van der Waals surface area (Å²) in [4.78, 5) is 23.5. The molecule has 0 spiro atoms. The van der Waals surface area contributed by atoms with Gasteiger partial charge in [0.05, 0.1) is 19.3 Å². The molecule has 0 heterocycles. The number of hydrogen-bond donors (Lipinski definition) is 0. The molecule has 0 bridgehead atoms. The molecule has 0 saturated carbocycles. The molecule has 0 radical (unpaired) electrons. The molecule has 0 aromatic rings. The predicted molar refractivity (Wildman–Crippen MR) is 116 cm³/mol. The standard InChI is InChI=1S/C22H40O7S.Na/c1-3-5-7-8-9-10-11-12-13-14-15-16-18-28-21(23)19-20(30(25,26)27)22(24)29-17-6-4-2;/h6,17,20H,3-5,7-16,18-19H2,1-2H3,(H,25,26,27);/q;+1/p-1/b17-6+;. The summed E-state index contributed by atoms with van der Waals surface area (Å²) in [6.07, 6.45) is 16.4. The van der Waals surface area contributed by atoms with E-state index in [0.717, 1.165) is 25.5 Å². The monoisotopic (exact) mass is 470 g/mol. The summed E-state index contributed by atoms with van der Waals surface area (Å²) < 4.78 is 43.3. The first-order valence-corrected chi connectivity index (χ1v) is 12.8. The molecule has 0 amide bonds. The molecular weight excluding hydrogens is 431 g/mol. The van der Waals surface area contributed by atoms with Crippen LogP contribution in [0, 0.1) is 0 Å². The van der Waals surface area contributed by atoms with Crippen molar-refractivity contribution in [2.45, 2.75) is 109 Å². The Morgan fingerprint density at radius 3 is 1.81 bits per heavy atom. The normalized spacial score (nSPS) is 12.4. The quantitative estimate of drug-likeness (QED) is 0.0934. The fraction of sp³-hybridized carbons (Fsp3) is 0.818. The molecule has 0 aliphatic rings. The van der Waals surface area contributed by atoms with Crippen molar-refractivity contribution in [1.82, 2.24) is 0 Å². The van der Waals surface area contributed by atoms with E-state index in [1.54, 1.807) is 6.92 Å². The Kier molecular flexibility index (Phi) is 22.7. The summed E-state index contributed by atoms with van der Waals surface area (Å²) in [7, 11) is -5.01. The Morgan fingerprint density at radius 1 is 0.871 bits per heavy atom. The van der Waals surface area contributed by atoms with Gasteiger partial charge in [-0.15, -0.1) is 0 Å². The Bertz CT molecular complexity index is 591. The molecular formula is C22H39NaO7S. The average Bonchev–Trinajstić information content (AvgIpc) is 2.69. The van der Waals surface area contributed by atoms with Gasteiger partial charge in [-0.2, -0.15) is 0 Å². The topological polar surface area (TPSA) is 110 Å². The molecule has 0 fully saturated rings. The second-order valence-electron chi connectivity index (χ2n) is 7.51. The number of hydrogen-bond acceptors (Lipinski definition) is 7. The van der Waals surface area contributed by atoms with E-state index in [1.807, 2.05) is 0 Å². The molecule has 31 heavy (non-hydrogen) atoms. The Morgan fingerprint density at radius 2 is 1.35 bits per heavy atom. The van der Waals surface area contributed by atoms with Crippen molar-refractivity contribution in [3.63, 3.8) is 0 Å². The number of carbonyl (C=O) groups excluding carboxylic acids is 2. The van der Waals surface area contributed by atoms with Crippen LogP contribution in [0.4, 0.5) is 0 Å². The van der Waals surface area contributed by atoms with Gasteiger partial charge >= 0.3 is 41.5 Å². The molecule has 0 aromatic carbocycles. The van der Waals surface area contributed by atoms with Crippen molar-refractivity contribution in [2.24, 2.45) is 0 Å². The van der Waals surface area contributed by atoms with Crippen molar-refractivity contribution in [2.75, 3.05) is 6.61 Å². The van der Waals surface area contributed by atoms with E-state index in [1.165, 1.54) is 57.4 Å². The smallest absolute Gasteiger partial charge is 0.747 e. The number of unbranched alkanes of at least 4 members (excludes halogenated alkanes) is 11. The third-order valence-corrected chi connectivity index (χ3v) is 5.80. The third kappa shape index (κ3) is 20.0. The maximum atomic E-state index is 11.8. The summed E-state index contributed by atoms with van der Waals surface area (Å²) in [6.45, 7) is 4.16. The van der Waals surface area contributed by atoms with Gasteiger partial charge in [-0.1, -0.05) is 84.5 Å². The summed E-state index contributed by atoms with van der Waals surface area (Å²) in [5.41, 5.74) is 0. The first-order chi connectivity index (χ1) is 14.3.